The summed E-state index contributed by atoms with van der Waals surface area (Å²) in [7, 11) is 0. The molecular formula is C24H27NO3. The van der Waals surface area contributed by atoms with Gasteiger partial charge in [0, 0.05) is 12.0 Å². The number of benzene rings is 2. The summed E-state index contributed by atoms with van der Waals surface area (Å²) in [5, 5.41) is 21.3. The molecule has 4 heteroatoms. The van der Waals surface area contributed by atoms with Crippen LogP contribution in [-0.4, -0.2) is 15.0 Å². The lowest BCUT2D eigenvalue weighted by molar-refractivity contribution is 0.161. The van der Waals surface area contributed by atoms with Crippen LogP contribution >= 0.6 is 0 Å². The molecule has 0 amide bonds. The average Bonchev–Trinajstić information content (AvgIpc) is 2.74. The van der Waals surface area contributed by atoms with Gasteiger partial charge in [-0.3, -0.25) is 4.79 Å². The number of hydrogen-bond acceptors (Lipinski definition) is 3. The molecule has 0 saturated heterocycles. The van der Waals surface area contributed by atoms with Crippen molar-refractivity contribution in [3.05, 3.63) is 99.5 Å². The Hall–Kier alpha value is -3.01. The molecule has 2 N–H and O–H groups in total. The molecule has 0 aliphatic rings. The van der Waals surface area contributed by atoms with Gasteiger partial charge in [0.05, 0.1) is 11.3 Å². The van der Waals surface area contributed by atoms with E-state index in [2.05, 4.69) is 6.92 Å². The van der Waals surface area contributed by atoms with Gasteiger partial charge in [-0.2, -0.15) is 4.73 Å². The molecular weight excluding hydrogens is 350 g/mol. The van der Waals surface area contributed by atoms with Crippen molar-refractivity contribution in [3.8, 4) is 5.75 Å². The molecule has 0 saturated carbocycles. The van der Waals surface area contributed by atoms with Crippen LogP contribution in [0.2, 0.25) is 0 Å². The first kappa shape index (κ1) is 19.7. The molecule has 0 bridgehead atoms. The van der Waals surface area contributed by atoms with Gasteiger partial charge in [0.1, 0.15) is 5.75 Å². The maximum Gasteiger partial charge on any atom is 0.290 e. The molecule has 0 fully saturated rings. The van der Waals surface area contributed by atoms with Crippen molar-refractivity contribution < 1.29 is 10.3 Å². The highest BCUT2D eigenvalue weighted by Gasteiger charge is 2.24. The van der Waals surface area contributed by atoms with Crippen LogP contribution in [0.4, 0.5) is 0 Å². The average molecular weight is 377 g/mol. The molecule has 0 radical (unpaired) electrons. The van der Waals surface area contributed by atoms with E-state index in [-0.39, 0.29) is 23.1 Å². The second-order valence-electron chi connectivity index (χ2n) is 7.14. The van der Waals surface area contributed by atoms with Crippen molar-refractivity contribution in [2.24, 2.45) is 0 Å². The lowest BCUT2D eigenvalue weighted by Crippen LogP contribution is -2.27. The summed E-state index contributed by atoms with van der Waals surface area (Å²) in [6.07, 6.45) is 1.98. The number of pyridine rings is 1. The minimum Gasteiger partial charge on any atom is -0.507 e. The quantitative estimate of drug-likeness (QED) is 0.565. The van der Waals surface area contributed by atoms with Gasteiger partial charge in [-0.05, 0) is 36.3 Å². The minimum atomic E-state index is -0.548. The highest BCUT2D eigenvalue weighted by molar-refractivity contribution is 5.41. The van der Waals surface area contributed by atoms with E-state index in [9.17, 15) is 15.1 Å². The molecule has 0 aliphatic carbocycles. The molecule has 2 aromatic carbocycles. The van der Waals surface area contributed by atoms with Crippen molar-refractivity contribution in [3.63, 3.8) is 0 Å². The van der Waals surface area contributed by atoms with Crippen LogP contribution in [0, 0.1) is 0 Å². The topological polar surface area (TPSA) is 62.5 Å². The zero-order valence-electron chi connectivity index (χ0n) is 16.4. The highest BCUT2D eigenvalue weighted by atomic mass is 16.5. The van der Waals surface area contributed by atoms with Crippen molar-refractivity contribution >= 4 is 0 Å². The summed E-state index contributed by atoms with van der Waals surface area (Å²) < 4.78 is 0.715. The van der Waals surface area contributed by atoms with Crippen molar-refractivity contribution in [2.75, 3.05) is 0 Å². The van der Waals surface area contributed by atoms with Gasteiger partial charge >= 0.3 is 0 Å². The highest BCUT2D eigenvalue weighted by Crippen LogP contribution is 2.33. The third-order valence-corrected chi connectivity index (χ3v) is 5.45. The lowest BCUT2D eigenvalue weighted by atomic mass is 9.88. The third kappa shape index (κ3) is 3.96. The van der Waals surface area contributed by atoms with E-state index in [4.69, 9.17) is 0 Å². The van der Waals surface area contributed by atoms with Crippen molar-refractivity contribution in [1.82, 2.24) is 4.73 Å². The number of nitrogens with zero attached hydrogens (tertiary/aromatic N) is 1. The van der Waals surface area contributed by atoms with Crippen LogP contribution in [-0.2, 0) is 6.42 Å². The number of rotatable bonds is 7. The van der Waals surface area contributed by atoms with Crippen LogP contribution in [0.25, 0.3) is 0 Å². The summed E-state index contributed by atoms with van der Waals surface area (Å²) >= 11 is 0. The zero-order chi connectivity index (χ0) is 20.1. The van der Waals surface area contributed by atoms with Gasteiger partial charge in [-0.25, -0.2) is 0 Å². The lowest BCUT2D eigenvalue weighted by Gasteiger charge is -2.20. The molecule has 1 aromatic heterocycles. The largest absolute Gasteiger partial charge is 0.507 e. The summed E-state index contributed by atoms with van der Waals surface area (Å²) in [6, 6.07) is 21.2. The molecule has 2 atom stereocenters. The van der Waals surface area contributed by atoms with Crippen LogP contribution in [0.3, 0.4) is 0 Å². The SMILES string of the molecule is CCC(Cc1cc(O)c(C(CC)c2ccccc2)c(=O)n1O)c1ccccc1. The predicted molar refractivity (Wildman–Crippen MR) is 111 cm³/mol. The van der Waals surface area contributed by atoms with Crippen molar-refractivity contribution in [2.45, 2.75) is 44.9 Å². The fourth-order valence-electron chi connectivity index (χ4n) is 3.89. The van der Waals surface area contributed by atoms with Gasteiger partial charge in [0.25, 0.3) is 5.56 Å². The molecule has 4 nitrogen and oxygen atoms in total. The van der Waals surface area contributed by atoms with Gasteiger partial charge in [0.2, 0.25) is 0 Å². The van der Waals surface area contributed by atoms with E-state index in [1.165, 1.54) is 6.07 Å². The third-order valence-electron chi connectivity index (χ3n) is 5.45. The van der Waals surface area contributed by atoms with Gasteiger partial charge < -0.3 is 10.3 Å². The first-order valence-electron chi connectivity index (χ1n) is 9.83. The molecule has 146 valence electrons. The second kappa shape index (κ2) is 8.79. The van der Waals surface area contributed by atoms with Crippen LogP contribution in [0.15, 0.2) is 71.5 Å². The second-order valence-corrected chi connectivity index (χ2v) is 7.14. The van der Waals surface area contributed by atoms with E-state index in [1.54, 1.807) is 0 Å². The summed E-state index contributed by atoms with van der Waals surface area (Å²) in [6.45, 7) is 4.04. The Kier molecular flexibility index (Phi) is 6.19. The maximum absolute atomic E-state index is 12.9. The molecule has 0 aliphatic heterocycles. The Morgan fingerprint density at radius 3 is 2.00 bits per heavy atom. The maximum atomic E-state index is 12.9. The first-order chi connectivity index (χ1) is 13.6. The Bertz CT molecular complexity index is 964. The Balaban J connectivity index is 2.00. The Morgan fingerprint density at radius 2 is 1.46 bits per heavy atom. The fraction of sp³-hybridized carbons (Fsp3) is 0.292. The van der Waals surface area contributed by atoms with E-state index >= 15 is 0 Å². The summed E-state index contributed by atoms with van der Waals surface area (Å²) in [4.78, 5) is 12.9. The molecule has 3 aromatic rings. The fourth-order valence-corrected chi connectivity index (χ4v) is 3.89. The first-order valence-corrected chi connectivity index (χ1v) is 9.83. The van der Waals surface area contributed by atoms with Gasteiger partial charge in [-0.1, -0.05) is 74.5 Å². The molecule has 3 rings (SSSR count). The van der Waals surface area contributed by atoms with Gasteiger partial charge in [0.15, 0.2) is 0 Å². The van der Waals surface area contributed by atoms with E-state index < -0.39 is 5.56 Å². The molecule has 1 heterocycles. The van der Waals surface area contributed by atoms with Crippen LogP contribution < -0.4 is 5.56 Å². The monoisotopic (exact) mass is 377 g/mol. The predicted octanol–water partition coefficient (Wildman–Crippen LogP) is 5.07. The molecule has 0 spiro atoms. The smallest absolute Gasteiger partial charge is 0.290 e. The van der Waals surface area contributed by atoms with Gasteiger partial charge in [-0.15, -0.1) is 0 Å². The summed E-state index contributed by atoms with van der Waals surface area (Å²) in [5.41, 5.74) is 2.21. The van der Waals surface area contributed by atoms with Crippen molar-refractivity contribution in [1.29, 1.82) is 0 Å². The molecule has 2 unspecified atom stereocenters. The number of hydrogen-bond donors (Lipinski definition) is 2. The van der Waals surface area contributed by atoms with E-state index in [1.807, 2.05) is 67.6 Å². The number of aromatic hydroxyl groups is 1. The normalized spacial score (nSPS) is 13.2. The zero-order valence-corrected chi connectivity index (χ0v) is 16.4. The number of aromatic nitrogens is 1. The standard InChI is InChI=1S/C24H27NO3/c1-3-17(18-11-7-5-8-12-18)15-20-16-22(26)23(24(27)25(20)28)21(4-2)19-13-9-6-10-14-19/h5-14,16-17,21,26,28H,3-4,15H2,1-2H3. The van der Waals surface area contributed by atoms with Crippen LogP contribution in [0.5, 0.6) is 5.75 Å². The minimum absolute atomic E-state index is 0.0519. The Labute approximate surface area is 165 Å². The van der Waals surface area contributed by atoms with E-state index in [0.29, 0.717) is 23.3 Å². The Morgan fingerprint density at radius 1 is 0.893 bits per heavy atom. The molecule has 28 heavy (non-hydrogen) atoms. The van der Waals surface area contributed by atoms with E-state index in [0.717, 1.165) is 17.5 Å². The summed E-state index contributed by atoms with van der Waals surface area (Å²) in [5.74, 6) is -0.165. The van der Waals surface area contributed by atoms with Crippen LogP contribution in [0.1, 0.15) is 60.9 Å².